The van der Waals surface area contributed by atoms with Crippen LogP contribution in [-0.4, -0.2) is 27.6 Å². The van der Waals surface area contributed by atoms with Crippen LogP contribution in [0.25, 0.3) is 11.4 Å². The lowest BCUT2D eigenvalue weighted by atomic mass is 10.1. The van der Waals surface area contributed by atoms with Crippen molar-refractivity contribution >= 4 is 11.8 Å². The number of hydrogen-bond acceptors (Lipinski definition) is 4. The van der Waals surface area contributed by atoms with Crippen LogP contribution >= 0.6 is 0 Å². The summed E-state index contributed by atoms with van der Waals surface area (Å²) in [6.45, 7) is 4.87. The minimum Gasteiger partial charge on any atom is -0.477 e. The van der Waals surface area contributed by atoms with Crippen LogP contribution in [0.15, 0.2) is 30.3 Å². The maximum atomic E-state index is 11.2. The maximum Gasteiger partial charge on any atom is 0.354 e. The highest BCUT2D eigenvalue weighted by Gasteiger charge is 2.11. The SMILES string of the molecule is CCCNc1cc(C(=O)O)nc(-c2ccc(CC)cc2)n1. The lowest BCUT2D eigenvalue weighted by Crippen LogP contribution is -2.08. The second kappa shape index (κ2) is 6.83. The van der Waals surface area contributed by atoms with E-state index in [0.29, 0.717) is 11.6 Å². The number of aromatic nitrogens is 2. The zero-order valence-corrected chi connectivity index (χ0v) is 12.3. The summed E-state index contributed by atoms with van der Waals surface area (Å²) in [4.78, 5) is 19.7. The van der Waals surface area contributed by atoms with Crippen LogP contribution in [0.4, 0.5) is 5.82 Å². The van der Waals surface area contributed by atoms with Crippen LogP contribution in [0.3, 0.4) is 0 Å². The van der Waals surface area contributed by atoms with Gasteiger partial charge in [-0.05, 0) is 18.4 Å². The summed E-state index contributed by atoms with van der Waals surface area (Å²) in [6, 6.07) is 9.31. The van der Waals surface area contributed by atoms with E-state index in [0.717, 1.165) is 24.9 Å². The Bertz CT molecular complexity index is 624. The third-order valence-electron chi connectivity index (χ3n) is 3.12. The monoisotopic (exact) mass is 285 g/mol. The average molecular weight is 285 g/mol. The van der Waals surface area contributed by atoms with E-state index >= 15 is 0 Å². The van der Waals surface area contributed by atoms with Crippen molar-refractivity contribution in [2.45, 2.75) is 26.7 Å². The van der Waals surface area contributed by atoms with Gasteiger partial charge in [0, 0.05) is 18.2 Å². The summed E-state index contributed by atoms with van der Waals surface area (Å²) in [5, 5.41) is 12.3. The van der Waals surface area contributed by atoms with E-state index in [1.54, 1.807) is 0 Å². The summed E-state index contributed by atoms with van der Waals surface area (Å²) < 4.78 is 0. The number of nitrogens with zero attached hydrogens (tertiary/aromatic N) is 2. The molecule has 1 heterocycles. The largest absolute Gasteiger partial charge is 0.477 e. The van der Waals surface area contributed by atoms with Crippen LogP contribution in [-0.2, 0) is 6.42 Å². The third kappa shape index (κ3) is 3.78. The zero-order chi connectivity index (χ0) is 15.2. The zero-order valence-electron chi connectivity index (χ0n) is 12.3. The lowest BCUT2D eigenvalue weighted by molar-refractivity contribution is 0.0690. The fourth-order valence-electron chi connectivity index (χ4n) is 1.92. The Morgan fingerprint density at radius 3 is 2.48 bits per heavy atom. The molecule has 0 aliphatic heterocycles. The van der Waals surface area contributed by atoms with Crippen LogP contribution in [0.2, 0.25) is 0 Å². The molecule has 2 N–H and O–H groups in total. The first-order chi connectivity index (χ1) is 10.1. The number of aromatic carboxylic acids is 1. The standard InChI is InChI=1S/C16H19N3O2/c1-3-9-17-14-10-13(16(20)21)18-15(19-14)12-7-5-11(4-2)6-8-12/h5-8,10H,3-4,9H2,1-2H3,(H,20,21)(H,17,18,19). The minimum absolute atomic E-state index is 0.00169. The minimum atomic E-state index is -1.05. The van der Waals surface area contributed by atoms with Crippen LogP contribution in [0, 0.1) is 0 Å². The van der Waals surface area contributed by atoms with Gasteiger partial charge in [0.25, 0.3) is 0 Å². The normalized spacial score (nSPS) is 10.4. The van der Waals surface area contributed by atoms with E-state index in [2.05, 4.69) is 22.2 Å². The van der Waals surface area contributed by atoms with E-state index in [1.807, 2.05) is 31.2 Å². The number of carboxylic acid groups (broad SMARTS) is 1. The predicted molar refractivity (Wildman–Crippen MR) is 82.6 cm³/mol. The summed E-state index contributed by atoms with van der Waals surface area (Å²) in [7, 11) is 0. The molecule has 5 nitrogen and oxygen atoms in total. The Morgan fingerprint density at radius 1 is 1.19 bits per heavy atom. The van der Waals surface area contributed by atoms with Crippen molar-refractivity contribution in [1.29, 1.82) is 0 Å². The van der Waals surface area contributed by atoms with Gasteiger partial charge < -0.3 is 10.4 Å². The molecule has 0 spiro atoms. The number of nitrogens with one attached hydrogen (secondary N) is 1. The Hall–Kier alpha value is -2.43. The molecular formula is C16H19N3O2. The Labute approximate surface area is 124 Å². The summed E-state index contributed by atoms with van der Waals surface area (Å²) >= 11 is 0. The van der Waals surface area contributed by atoms with Gasteiger partial charge in [0.15, 0.2) is 11.5 Å². The molecule has 2 aromatic rings. The molecule has 1 aromatic heterocycles. The molecule has 1 aromatic carbocycles. The Morgan fingerprint density at radius 2 is 1.90 bits per heavy atom. The molecule has 2 rings (SSSR count). The van der Waals surface area contributed by atoms with E-state index in [-0.39, 0.29) is 5.69 Å². The molecule has 5 heteroatoms. The van der Waals surface area contributed by atoms with Gasteiger partial charge in [-0.2, -0.15) is 0 Å². The molecule has 0 saturated heterocycles. The fraction of sp³-hybridized carbons (Fsp3) is 0.312. The smallest absolute Gasteiger partial charge is 0.354 e. The van der Waals surface area contributed by atoms with Gasteiger partial charge >= 0.3 is 5.97 Å². The molecule has 0 radical (unpaired) electrons. The molecule has 0 unspecified atom stereocenters. The highest BCUT2D eigenvalue weighted by atomic mass is 16.4. The highest BCUT2D eigenvalue weighted by molar-refractivity contribution is 5.87. The van der Waals surface area contributed by atoms with Gasteiger partial charge in [0.1, 0.15) is 5.82 Å². The number of anilines is 1. The first-order valence-corrected chi connectivity index (χ1v) is 7.09. The number of carbonyl (C=O) groups is 1. The predicted octanol–water partition coefficient (Wildman–Crippen LogP) is 3.23. The number of hydrogen-bond donors (Lipinski definition) is 2. The van der Waals surface area contributed by atoms with Crippen molar-refractivity contribution in [1.82, 2.24) is 9.97 Å². The third-order valence-corrected chi connectivity index (χ3v) is 3.12. The molecule has 0 amide bonds. The molecule has 110 valence electrons. The molecular weight excluding hydrogens is 266 g/mol. The van der Waals surface area contributed by atoms with Gasteiger partial charge in [0.05, 0.1) is 0 Å². The van der Waals surface area contributed by atoms with E-state index in [1.165, 1.54) is 11.6 Å². The van der Waals surface area contributed by atoms with Crippen molar-refractivity contribution in [2.75, 3.05) is 11.9 Å². The van der Waals surface area contributed by atoms with Gasteiger partial charge in [0.2, 0.25) is 0 Å². The van der Waals surface area contributed by atoms with Crippen molar-refractivity contribution in [2.24, 2.45) is 0 Å². The highest BCUT2D eigenvalue weighted by Crippen LogP contribution is 2.19. The molecule has 0 saturated carbocycles. The Balaban J connectivity index is 2.40. The summed E-state index contributed by atoms with van der Waals surface area (Å²) in [5.41, 5.74) is 2.03. The van der Waals surface area contributed by atoms with Crippen molar-refractivity contribution in [3.63, 3.8) is 0 Å². The van der Waals surface area contributed by atoms with Gasteiger partial charge in [-0.25, -0.2) is 14.8 Å². The number of carboxylic acids is 1. The summed E-state index contributed by atoms with van der Waals surface area (Å²) in [6.07, 6.45) is 1.90. The van der Waals surface area contributed by atoms with Gasteiger partial charge in [-0.3, -0.25) is 0 Å². The van der Waals surface area contributed by atoms with Crippen LogP contribution < -0.4 is 5.32 Å². The van der Waals surface area contributed by atoms with Crippen molar-refractivity contribution in [3.8, 4) is 11.4 Å². The summed E-state index contributed by atoms with van der Waals surface area (Å²) in [5.74, 6) is -0.0849. The molecule has 0 aliphatic rings. The molecule has 0 atom stereocenters. The first-order valence-electron chi connectivity index (χ1n) is 7.09. The number of aryl methyl sites for hydroxylation is 1. The van der Waals surface area contributed by atoms with E-state index in [9.17, 15) is 9.90 Å². The molecule has 0 bridgehead atoms. The van der Waals surface area contributed by atoms with Gasteiger partial charge in [-0.15, -0.1) is 0 Å². The average Bonchev–Trinajstić information content (AvgIpc) is 2.52. The van der Waals surface area contributed by atoms with Gasteiger partial charge in [-0.1, -0.05) is 38.1 Å². The fourth-order valence-corrected chi connectivity index (χ4v) is 1.92. The second-order valence-electron chi connectivity index (χ2n) is 4.74. The first kappa shape index (κ1) is 15.0. The van der Waals surface area contributed by atoms with E-state index < -0.39 is 5.97 Å². The van der Waals surface area contributed by atoms with Crippen molar-refractivity contribution in [3.05, 3.63) is 41.6 Å². The number of benzene rings is 1. The second-order valence-corrected chi connectivity index (χ2v) is 4.74. The van der Waals surface area contributed by atoms with Crippen LogP contribution in [0.5, 0.6) is 0 Å². The topological polar surface area (TPSA) is 75.1 Å². The molecule has 0 fully saturated rings. The number of rotatable bonds is 6. The quantitative estimate of drug-likeness (QED) is 0.852. The molecule has 0 aliphatic carbocycles. The lowest BCUT2D eigenvalue weighted by Gasteiger charge is -2.08. The molecule has 21 heavy (non-hydrogen) atoms. The Kier molecular flexibility index (Phi) is 4.87. The van der Waals surface area contributed by atoms with E-state index in [4.69, 9.17) is 0 Å². The van der Waals surface area contributed by atoms with Crippen LogP contribution in [0.1, 0.15) is 36.3 Å². The van der Waals surface area contributed by atoms with Crippen molar-refractivity contribution < 1.29 is 9.90 Å². The maximum absolute atomic E-state index is 11.2.